The summed E-state index contributed by atoms with van der Waals surface area (Å²) in [5.74, 6) is 0. The molecule has 0 saturated heterocycles. The monoisotopic (exact) mass is 110 g/mol. The molecule has 0 radical (unpaired) electrons. The topological polar surface area (TPSA) is 38.9 Å². The smallest absolute Gasteiger partial charge is 0.108 e. The molecule has 1 heterocycles. The standard InChI is InChI=1S/C5H6N2O/c1-2-3-5-4-6-8-7-5/h2,4H,1,3H2. The van der Waals surface area contributed by atoms with E-state index in [1.165, 1.54) is 0 Å². The van der Waals surface area contributed by atoms with E-state index >= 15 is 0 Å². The van der Waals surface area contributed by atoms with Gasteiger partial charge in [-0.1, -0.05) is 16.4 Å². The van der Waals surface area contributed by atoms with Crippen molar-refractivity contribution in [3.05, 3.63) is 24.5 Å². The number of hydrogen-bond donors (Lipinski definition) is 0. The predicted octanol–water partition coefficient (Wildman–Crippen LogP) is 0.798. The molecule has 8 heavy (non-hydrogen) atoms. The van der Waals surface area contributed by atoms with Gasteiger partial charge in [0.15, 0.2) is 0 Å². The summed E-state index contributed by atoms with van der Waals surface area (Å²) in [6.07, 6.45) is 4.05. The first kappa shape index (κ1) is 5.03. The van der Waals surface area contributed by atoms with E-state index in [-0.39, 0.29) is 0 Å². The van der Waals surface area contributed by atoms with Gasteiger partial charge in [0.25, 0.3) is 0 Å². The van der Waals surface area contributed by atoms with Crippen molar-refractivity contribution < 1.29 is 4.63 Å². The van der Waals surface area contributed by atoms with Crippen LogP contribution < -0.4 is 0 Å². The summed E-state index contributed by atoms with van der Waals surface area (Å²) in [5.41, 5.74) is 0.819. The molecule has 0 aliphatic carbocycles. The first-order chi connectivity index (χ1) is 3.93. The third-order valence-corrected chi connectivity index (χ3v) is 0.760. The van der Waals surface area contributed by atoms with E-state index < -0.39 is 0 Å². The van der Waals surface area contributed by atoms with Gasteiger partial charge < -0.3 is 0 Å². The van der Waals surface area contributed by atoms with Crippen LogP contribution in [0, 0.1) is 0 Å². The van der Waals surface area contributed by atoms with Crippen molar-refractivity contribution in [2.24, 2.45) is 0 Å². The Hall–Kier alpha value is -1.12. The third kappa shape index (κ3) is 0.932. The molecule has 1 aromatic rings. The lowest BCUT2D eigenvalue weighted by molar-refractivity contribution is 0.304. The third-order valence-electron chi connectivity index (χ3n) is 0.760. The van der Waals surface area contributed by atoms with Gasteiger partial charge in [-0.15, -0.1) is 6.58 Å². The summed E-state index contributed by atoms with van der Waals surface area (Å²) in [4.78, 5) is 0. The number of allylic oxidation sites excluding steroid dienone is 1. The van der Waals surface area contributed by atoms with Gasteiger partial charge in [-0.2, -0.15) is 0 Å². The Bertz CT molecular complexity index is 157. The molecule has 0 aliphatic heterocycles. The van der Waals surface area contributed by atoms with Gasteiger partial charge in [-0.25, -0.2) is 4.63 Å². The van der Waals surface area contributed by atoms with E-state index in [1.807, 2.05) is 0 Å². The van der Waals surface area contributed by atoms with Crippen molar-refractivity contribution >= 4 is 0 Å². The van der Waals surface area contributed by atoms with Crippen LogP contribution in [0.4, 0.5) is 0 Å². The summed E-state index contributed by atoms with van der Waals surface area (Å²) in [6.45, 7) is 3.53. The zero-order valence-electron chi connectivity index (χ0n) is 4.37. The lowest BCUT2D eigenvalue weighted by Gasteiger charge is -1.75. The zero-order chi connectivity index (χ0) is 5.82. The average molecular weight is 110 g/mol. The molecule has 0 atom stereocenters. The molecule has 3 heteroatoms. The normalized spacial score (nSPS) is 9.00. The molecular formula is C5H6N2O. The second-order valence-electron chi connectivity index (χ2n) is 1.39. The van der Waals surface area contributed by atoms with Crippen LogP contribution in [0.1, 0.15) is 5.69 Å². The maximum Gasteiger partial charge on any atom is 0.108 e. The number of rotatable bonds is 2. The molecule has 0 unspecified atom stereocenters. The SMILES string of the molecule is C=CCc1cnon1. The number of aromatic nitrogens is 2. The highest BCUT2D eigenvalue weighted by molar-refractivity contribution is 4.95. The molecule has 0 bridgehead atoms. The molecular weight excluding hydrogens is 104 g/mol. The van der Waals surface area contributed by atoms with Crippen molar-refractivity contribution in [1.82, 2.24) is 10.3 Å². The maximum absolute atomic E-state index is 4.32. The van der Waals surface area contributed by atoms with Gasteiger partial charge in [0.2, 0.25) is 0 Å². The maximum atomic E-state index is 4.32. The van der Waals surface area contributed by atoms with Crippen molar-refractivity contribution in [3.63, 3.8) is 0 Å². The molecule has 0 spiro atoms. The molecule has 1 aromatic heterocycles. The minimum absolute atomic E-state index is 0.726. The number of nitrogens with zero attached hydrogens (tertiary/aromatic N) is 2. The fraction of sp³-hybridized carbons (Fsp3) is 0.200. The van der Waals surface area contributed by atoms with E-state index in [1.54, 1.807) is 12.3 Å². The summed E-state index contributed by atoms with van der Waals surface area (Å²) in [5, 5.41) is 6.96. The lowest BCUT2D eigenvalue weighted by Crippen LogP contribution is -1.75. The van der Waals surface area contributed by atoms with E-state index in [2.05, 4.69) is 21.5 Å². The van der Waals surface area contributed by atoms with Crippen molar-refractivity contribution in [3.8, 4) is 0 Å². The first-order valence-electron chi connectivity index (χ1n) is 2.31. The van der Waals surface area contributed by atoms with Crippen molar-refractivity contribution in [1.29, 1.82) is 0 Å². The molecule has 3 nitrogen and oxygen atoms in total. The molecule has 0 N–H and O–H groups in total. The van der Waals surface area contributed by atoms with Crippen LogP contribution in [0.15, 0.2) is 23.5 Å². The Morgan fingerprint density at radius 1 is 1.88 bits per heavy atom. The van der Waals surface area contributed by atoms with Gasteiger partial charge in [-0.3, -0.25) is 0 Å². The average Bonchev–Trinajstić information content (AvgIpc) is 2.19. The van der Waals surface area contributed by atoms with Crippen LogP contribution in [0.2, 0.25) is 0 Å². The Labute approximate surface area is 47.0 Å². The Kier molecular flexibility index (Phi) is 1.42. The highest BCUT2D eigenvalue weighted by Crippen LogP contribution is 1.90. The van der Waals surface area contributed by atoms with Crippen LogP contribution in [0.5, 0.6) is 0 Å². The fourth-order valence-electron chi connectivity index (χ4n) is 0.422. The zero-order valence-corrected chi connectivity index (χ0v) is 4.37. The van der Waals surface area contributed by atoms with Crippen LogP contribution in [0.25, 0.3) is 0 Å². The Morgan fingerprint density at radius 3 is 3.25 bits per heavy atom. The highest BCUT2D eigenvalue weighted by atomic mass is 16.6. The van der Waals surface area contributed by atoms with E-state index in [0.29, 0.717) is 0 Å². The largest absolute Gasteiger partial charge is 0.244 e. The highest BCUT2D eigenvalue weighted by Gasteiger charge is 1.89. The van der Waals surface area contributed by atoms with Gasteiger partial charge in [0.05, 0.1) is 6.20 Å². The summed E-state index contributed by atoms with van der Waals surface area (Å²) in [6, 6.07) is 0. The molecule has 1 rings (SSSR count). The fourth-order valence-corrected chi connectivity index (χ4v) is 0.422. The van der Waals surface area contributed by atoms with Gasteiger partial charge in [0, 0.05) is 6.42 Å². The van der Waals surface area contributed by atoms with Gasteiger partial charge in [0.1, 0.15) is 5.69 Å². The van der Waals surface area contributed by atoms with Crippen molar-refractivity contribution in [2.45, 2.75) is 6.42 Å². The molecule has 0 amide bonds. The Balaban J connectivity index is 2.62. The quantitative estimate of drug-likeness (QED) is 0.528. The van der Waals surface area contributed by atoms with Crippen LogP contribution >= 0.6 is 0 Å². The van der Waals surface area contributed by atoms with Crippen LogP contribution in [0.3, 0.4) is 0 Å². The lowest BCUT2D eigenvalue weighted by atomic mass is 10.3. The molecule has 0 fully saturated rings. The van der Waals surface area contributed by atoms with E-state index in [9.17, 15) is 0 Å². The minimum atomic E-state index is 0.726. The molecule has 0 aromatic carbocycles. The second-order valence-corrected chi connectivity index (χ2v) is 1.39. The second kappa shape index (κ2) is 2.26. The van der Waals surface area contributed by atoms with E-state index in [0.717, 1.165) is 12.1 Å². The van der Waals surface area contributed by atoms with E-state index in [4.69, 9.17) is 0 Å². The number of hydrogen-bond acceptors (Lipinski definition) is 3. The molecule has 42 valence electrons. The Morgan fingerprint density at radius 2 is 2.75 bits per heavy atom. The van der Waals surface area contributed by atoms with Crippen LogP contribution in [-0.2, 0) is 6.42 Å². The first-order valence-corrected chi connectivity index (χ1v) is 2.31. The summed E-state index contributed by atoms with van der Waals surface area (Å²) in [7, 11) is 0. The van der Waals surface area contributed by atoms with Crippen molar-refractivity contribution in [2.75, 3.05) is 0 Å². The molecule has 0 aliphatic rings. The summed E-state index contributed by atoms with van der Waals surface area (Å²) >= 11 is 0. The van der Waals surface area contributed by atoms with Crippen LogP contribution in [-0.4, -0.2) is 10.3 Å². The predicted molar refractivity (Wildman–Crippen MR) is 28.2 cm³/mol. The molecule has 0 saturated carbocycles. The minimum Gasteiger partial charge on any atom is -0.244 e. The van der Waals surface area contributed by atoms with Gasteiger partial charge in [-0.05, 0) is 0 Å². The van der Waals surface area contributed by atoms with Gasteiger partial charge >= 0.3 is 0 Å². The summed E-state index contributed by atoms with van der Waals surface area (Å²) < 4.78 is 4.32.